The summed E-state index contributed by atoms with van der Waals surface area (Å²) in [6, 6.07) is -0.0798. The average molecular weight is 514 g/mol. The van der Waals surface area contributed by atoms with Gasteiger partial charge in [-0.1, -0.05) is 0 Å². The highest BCUT2D eigenvalue weighted by Crippen LogP contribution is 2.44. The van der Waals surface area contributed by atoms with E-state index in [2.05, 4.69) is 0 Å². The Bertz CT molecular complexity index is 866. The first-order valence-corrected chi connectivity index (χ1v) is 14.8. The minimum absolute atomic E-state index is 0.0141. The predicted octanol–water partition coefficient (Wildman–Crippen LogP) is 2.84. The van der Waals surface area contributed by atoms with Gasteiger partial charge in [0.05, 0.1) is 30.5 Å². The third-order valence-electron chi connectivity index (χ3n) is 8.86. The Morgan fingerprint density at radius 2 is 1.54 bits per heavy atom. The molecule has 2 aliphatic heterocycles. The molecule has 3 unspecified atom stereocenters. The van der Waals surface area contributed by atoms with Crippen molar-refractivity contribution in [3.05, 3.63) is 0 Å². The molecule has 2 saturated carbocycles. The molecule has 0 radical (unpaired) electrons. The Kier molecular flexibility index (Phi) is 8.32. The van der Waals surface area contributed by atoms with Crippen molar-refractivity contribution in [3.8, 4) is 0 Å². The van der Waals surface area contributed by atoms with E-state index in [0.717, 1.165) is 44.9 Å². The van der Waals surface area contributed by atoms with Gasteiger partial charge in [0.1, 0.15) is 6.10 Å². The second kappa shape index (κ2) is 10.9. The summed E-state index contributed by atoms with van der Waals surface area (Å²) in [5.74, 6) is 0.959. The third-order valence-corrected chi connectivity index (χ3v) is 11.2. The van der Waals surface area contributed by atoms with Crippen LogP contribution in [0.1, 0.15) is 71.6 Å². The molecule has 0 spiro atoms. The Morgan fingerprint density at radius 3 is 2.14 bits per heavy atom. The predicted molar refractivity (Wildman–Crippen MR) is 132 cm³/mol. The lowest BCUT2D eigenvalue weighted by Crippen LogP contribution is -2.67. The van der Waals surface area contributed by atoms with Crippen LogP contribution >= 0.6 is 0 Å². The molecule has 35 heavy (non-hydrogen) atoms. The van der Waals surface area contributed by atoms with Gasteiger partial charge in [-0.3, -0.25) is 4.79 Å². The number of hydrogen-bond acceptors (Lipinski definition) is 6. The van der Waals surface area contributed by atoms with Gasteiger partial charge < -0.3 is 19.3 Å². The average Bonchev–Trinajstić information content (AvgIpc) is 2.83. The van der Waals surface area contributed by atoms with Crippen LogP contribution in [-0.2, 0) is 24.3 Å². The van der Waals surface area contributed by atoms with Crippen molar-refractivity contribution in [3.63, 3.8) is 0 Å². The highest BCUT2D eigenvalue weighted by molar-refractivity contribution is 7.89. The van der Waals surface area contributed by atoms with Crippen LogP contribution in [0.2, 0.25) is 0 Å². The smallest absolute Gasteiger partial charge is 0.410 e. The number of amides is 2. The molecule has 0 N–H and O–H groups in total. The van der Waals surface area contributed by atoms with Crippen molar-refractivity contribution in [1.29, 1.82) is 0 Å². The van der Waals surface area contributed by atoms with E-state index in [9.17, 15) is 18.0 Å². The van der Waals surface area contributed by atoms with E-state index >= 15 is 0 Å². The standard InChI is InChI=1S/C25H43N3O6S/c1-17-16-27(25(30)34-21-11-13-33-14-12-21)24-15-20(7-10-23(24)28(17)18(2)29)19-5-8-22(9-6-19)35(31,32)26(3)4/h17,19-24H,5-16H2,1-4H3/t17-,19?,20?,22?,23?,24?/m0/s1. The normalized spacial score (nSPS) is 35.0. The number of nitrogens with zero attached hydrogens (tertiary/aromatic N) is 3. The van der Waals surface area contributed by atoms with Gasteiger partial charge in [-0.05, 0) is 63.7 Å². The lowest BCUT2D eigenvalue weighted by atomic mass is 9.69. The van der Waals surface area contributed by atoms with Crippen LogP contribution in [0.3, 0.4) is 0 Å². The van der Waals surface area contributed by atoms with Gasteiger partial charge in [0, 0.05) is 46.4 Å². The second-order valence-corrected chi connectivity index (χ2v) is 13.6. The number of hydrogen-bond donors (Lipinski definition) is 0. The number of fused-ring (bicyclic) bond motifs is 1. The zero-order chi connectivity index (χ0) is 25.3. The molecule has 0 bridgehead atoms. The minimum atomic E-state index is -3.22. The topological polar surface area (TPSA) is 96.5 Å². The molecule has 4 fully saturated rings. The summed E-state index contributed by atoms with van der Waals surface area (Å²) in [7, 11) is 0.00587. The van der Waals surface area contributed by atoms with Gasteiger partial charge in [-0.15, -0.1) is 0 Å². The second-order valence-electron chi connectivity index (χ2n) is 11.2. The Balaban J connectivity index is 1.45. The molecule has 9 nitrogen and oxygen atoms in total. The Hall–Kier alpha value is -1.39. The lowest BCUT2D eigenvalue weighted by Gasteiger charge is -2.54. The summed E-state index contributed by atoms with van der Waals surface area (Å²) in [6.07, 6.45) is 7.01. The third kappa shape index (κ3) is 5.64. The van der Waals surface area contributed by atoms with Crippen molar-refractivity contribution < 1.29 is 27.5 Å². The Labute approximate surface area is 210 Å². The molecule has 2 aliphatic carbocycles. The molecular formula is C25H43N3O6S. The van der Waals surface area contributed by atoms with Crippen LogP contribution in [0.4, 0.5) is 4.79 Å². The molecule has 200 valence electrons. The van der Waals surface area contributed by atoms with Crippen LogP contribution in [0.15, 0.2) is 0 Å². The van der Waals surface area contributed by atoms with Gasteiger partial charge in [0.15, 0.2) is 0 Å². The zero-order valence-electron chi connectivity index (χ0n) is 21.7. The first-order chi connectivity index (χ1) is 16.6. The molecule has 4 atom stereocenters. The summed E-state index contributed by atoms with van der Waals surface area (Å²) in [6.45, 7) is 5.37. The van der Waals surface area contributed by atoms with Crippen LogP contribution < -0.4 is 0 Å². The van der Waals surface area contributed by atoms with Crippen molar-refractivity contribution in [2.75, 3.05) is 33.9 Å². The van der Waals surface area contributed by atoms with E-state index in [1.165, 1.54) is 4.31 Å². The molecule has 4 rings (SSSR count). The molecule has 2 heterocycles. The molecule has 10 heteroatoms. The largest absolute Gasteiger partial charge is 0.446 e. The molecule has 4 aliphatic rings. The quantitative estimate of drug-likeness (QED) is 0.574. The maximum absolute atomic E-state index is 13.3. The van der Waals surface area contributed by atoms with E-state index in [1.54, 1.807) is 21.0 Å². The van der Waals surface area contributed by atoms with Gasteiger partial charge in [0.2, 0.25) is 15.9 Å². The van der Waals surface area contributed by atoms with E-state index in [1.807, 2.05) is 16.7 Å². The Morgan fingerprint density at radius 1 is 0.914 bits per heavy atom. The summed E-state index contributed by atoms with van der Waals surface area (Å²) in [5.41, 5.74) is 0. The summed E-state index contributed by atoms with van der Waals surface area (Å²) < 4.78 is 37.8. The fraction of sp³-hybridized carbons (Fsp3) is 0.920. The summed E-state index contributed by atoms with van der Waals surface area (Å²) >= 11 is 0. The molecule has 2 saturated heterocycles. The van der Waals surface area contributed by atoms with E-state index in [4.69, 9.17) is 9.47 Å². The van der Waals surface area contributed by atoms with Crippen molar-refractivity contribution in [2.45, 2.75) is 101 Å². The molecular weight excluding hydrogens is 470 g/mol. The van der Waals surface area contributed by atoms with Gasteiger partial charge in [-0.25, -0.2) is 17.5 Å². The number of carbonyl (C=O) groups excluding carboxylic acids is 2. The fourth-order valence-corrected chi connectivity index (χ4v) is 8.46. The fourth-order valence-electron chi connectivity index (χ4n) is 7.00. The molecule has 0 aromatic carbocycles. The number of carbonyl (C=O) groups is 2. The maximum atomic E-state index is 13.3. The SMILES string of the molecule is CC(=O)N1C2CCC(C3CCC(S(=O)(=O)N(C)C)CC3)CC2N(C(=O)OC2CCOCC2)C[C@@H]1C. The molecule has 0 aromatic rings. The van der Waals surface area contributed by atoms with E-state index < -0.39 is 10.0 Å². The summed E-state index contributed by atoms with van der Waals surface area (Å²) in [5, 5.41) is -0.292. The monoisotopic (exact) mass is 513 g/mol. The first-order valence-electron chi connectivity index (χ1n) is 13.3. The summed E-state index contributed by atoms with van der Waals surface area (Å²) in [4.78, 5) is 29.8. The highest BCUT2D eigenvalue weighted by atomic mass is 32.2. The van der Waals surface area contributed by atoms with Gasteiger partial charge >= 0.3 is 6.09 Å². The van der Waals surface area contributed by atoms with Crippen molar-refractivity contribution in [1.82, 2.24) is 14.1 Å². The van der Waals surface area contributed by atoms with Crippen molar-refractivity contribution in [2.24, 2.45) is 11.8 Å². The number of rotatable bonds is 4. The van der Waals surface area contributed by atoms with Crippen LogP contribution in [0, 0.1) is 11.8 Å². The first kappa shape index (κ1) is 26.7. The van der Waals surface area contributed by atoms with Crippen LogP contribution in [-0.4, -0.2) is 97.9 Å². The highest BCUT2D eigenvalue weighted by Gasteiger charge is 2.48. The zero-order valence-corrected chi connectivity index (χ0v) is 22.5. The van der Waals surface area contributed by atoms with Gasteiger partial charge in [0.25, 0.3) is 0 Å². The number of ether oxygens (including phenoxy) is 2. The minimum Gasteiger partial charge on any atom is -0.446 e. The van der Waals surface area contributed by atoms with E-state index in [-0.39, 0.29) is 41.5 Å². The van der Waals surface area contributed by atoms with E-state index in [0.29, 0.717) is 44.4 Å². The van der Waals surface area contributed by atoms with Crippen LogP contribution in [0.25, 0.3) is 0 Å². The van der Waals surface area contributed by atoms with Crippen molar-refractivity contribution >= 4 is 22.0 Å². The van der Waals surface area contributed by atoms with Crippen LogP contribution in [0.5, 0.6) is 0 Å². The number of piperazine rings is 1. The number of sulfonamides is 1. The van der Waals surface area contributed by atoms with Gasteiger partial charge in [-0.2, -0.15) is 0 Å². The molecule has 2 amide bonds. The molecule has 0 aromatic heterocycles. The lowest BCUT2D eigenvalue weighted by molar-refractivity contribution is -0.143. The maximum Gasteiger partial charge on any atom is 0.410 e.